The third-order valence-corrected chi connectivity index (χ3v) is 6.09. The number of carbonyl (C=O) groups excluding carboxylic acids is 2. The number of amides is 2. The number of hydrogen-bond donors (Lipinski definition) is 1. The Labute approximate surface area is 161 Å². The fourth-order valence-corrected chi connectivity index (χ4v) is 4.88. The second kappa shape index (κ2) is 6.04. The monoisotopic (exact) mass is 379 g/mol. The van der Waals surface area contributed by atoms with Gasteiger partial charge in [0.1, 0.15) is 6.10 Å². The molecule has 1 N–H and O–H groups in total. The van der Waals surface area contributed by atoms with Crippen LogP contribution in [0.2, 0.25) is 0 Å². The van der Waals surface area contributed by atoms with Gasteiger partial charge in [-0.1, -0.05) is 30.3 Å². The molecule has 3 atom stereocenters. The molecule has 7 heteroatoms. The zero-order chi connectivity index (χ0) is 19.5. The van der Waals surface area contributed by atoms with Gasteiger partial charge in [0.25, 0.3) is 5.91 Å². The number of likely N-dealkylation sites (tertiary alicyclic amines) is 1. The van der Waals surface area contributed by atoms with Gasteiger partial charge in [0, 0.05) is 30.3 Å². The Morgan fingerprint density at radius 3 is 2.75 bits per heavy atom. The molecule has 3 saturated heterocycles. The number of aromatic nitrogens is 1. The minimum absolute atomic E-state index is 0.0167. The van der Waals surface area contributed by atoms with E-state index in [9.17, 15) is 14.4 Å². The molecule has 0 radical (unpaired) electrons. The molecule has 1 aromatic carbocycles. The number of aromatic amines is 1. The van der Waals surface area contributed by atoms with Gasteiger partial charge >= 0.3 is 0 Å². The number of H-pyrrole nitrogens is 1. The fourth-order valence-electron chi connectivity index (χ4n) is 4.88. The maximum atomic E-state index is 13.1. The largest absolute Gasteiger partial charge is 0.343 e. The summed E-state index contributed by atoms with van der Waals surface area (Å²) in [5.41, 5.74) is 0.955. The van der Waals surface area contributed by atoms with Gasteiger partial charge in [-0.25, -0.2) is 0 Å². The van der Waals surface area contributed by atoms with E-state index < -0.39 is 5.72 Å². The highest BCUT2D eigenvalue weighted by molar-refractivity contribution is 5.96. The minimum Gasteiger partial charge on any atom is -0.343 e. The number of hydrogen-bond acceptors (Lipinski definition) is 4. The molecular formula is C21H21N3O4. The van der Waals surface area contributed by atoms with Crippen LogP contribution in [0.25, 0.3) is 0 Å². The van der Waals surface area contributed by atoms with E-state index in [0.29, 0.717) is 30.8 Å². The Kier molecular flexibility index (Phi) is 3.71. The maximum Gasteiger partial charge on any atom is 0.254 e. The number of nitrogens with one attached hydrogen (secondary N) is 1. The predicted octanol–water partition coefficient (Wildman–Crippen LogP) is 1.60. The predicted molar refractivity (Wildman–Crippen MR) is 101 cm³/mol. The lowest BCUT2D eigenvalue weighted by atomic mass is 10.1. The van der Waals surface area contributed by atoms with Gasteiger partial charge in [-0.2, -0.15) is 0 Å². The highest BCUT2D eigenvalue weighted by Crippen LogP contribution is 2.50. The highest BCUT2D eigenvalue weighted by Gasteiger charge is 2.65. The molecule has 1 spiro atoms. The van der Waals surface area contributed by atoms with Gasteiger partial charge in [0.15, 0.2) is 5.72 Å². The van der Waals surface area contributed by atoms with E-state index >= 15 is 0 Å². The van der Waals surface area contributed by atoms with Crippen LogP contribution in [-0.2, 0) is 9.53 Å². The number of ether oxygens (including phenoxy) is 1. The van der Waals surface area contributed by atoms with Crippen LogP contribution in [0.1, 0.15) is 40.6 Å². The summed E-state index contributed by atoms with van der Waals surface area (Å²) in [4.78, 5) is 43.8. The van der Waals surface area contributed by atoms with Gasteiger partial charge in [-0.05, 0) is 18.6 Å². The summed E-state index contributed by atoms with van der Waals surface area (Å²) in [5, 5.41) is 0. The van der Waals surface area contributed by atoms with Crippen LogP contribution in [0.3, 0.4) is 0 Å². The van der Waals surface area contributed by atoms with E-state index in [2.05, 4.69) is 4.98 Å². The Morgan fingerprint density at radius 2 is 2.00 bits per heavy atom. The van der Waals surface area contributed by atoms with Crippen molar-refractivity contribution in [2.45, 2.75) is 37.6 Å². The molecule has 2 amide bonds. The van der Waals surface area contributed by atoms with Crippen LogP contribution in [0.15, 0.2) is 47.3 Å². The summed E-state index contributed by atoms with van der Waals surface area (Å²) in [6.45, 7) is 2.75. The molecule has 3 aliphatic rings. The van der Waals surface area contributed by atoms with Crippen molar-refractivity contribution in [3.8, 4) is 0 Å². The molecule has 4 heterocycles. The van der Waals surface area contributed by atoms with Crippen LogP contribution in [0, 0.1) is 6.92 Å². The van der Waals surface area contributed by atoms with Gasteiger partial charge in [0.05, 0.1) is 19.0 Å². The van der Waals surface area contributed by atoms with Crippen LogP contribution >= 0.6 is 0 Å². The zero-order valence-corrected chi connectivity index (χ0v) is 15.6. The summed E-state index contributed by atoms with van der Waals surface area (Å²) < 4.78 is 6.46. The maximum absolute atomic E-state index is 13.1. The van der Waals surface area contributed by atoms with Crippen molar-refractivity contribution in [2.24, 2.45) is 0 Å². The summed E-state index contributed by atoms with van der Waals surface area (Å²) in [5.74, 6) is -0.208. The SMILES string of the molecule is Cc1cc(C(=O)N2CC[C@@]34O[C@H](c5ccccc5)CN3C(=O)C[C@@H]24)cc(=O)[nH]1. The lowest BCUT2D eigenvalue weighted by Crippen LogP contribution is -2.48. The van der Waals surface area contributed by atoms with Crippen LogP contribution < -0.4 is 5.56 Å². The van der Waals surface area contributed by atoms with Crippen LogP contribution in [0.4, 0.5) is 0 Å². The van der Waals surface area contributed by atoms with E-state index in [0.717, 1.165) is 5.56 Å². The first kappa shape index (κ1) is 17.2. The molecule has 144 valence electrons. The van der Waals surface area contributed by atoms with Crippen molar-refractivity contribution >= 4 is 11.8 Å². The number of carbonyl (C=O) groups is 2. The molecule has 2 aromatic rings. The number of aryl methyl sites for hydroxylation is 1. The van der Waals surface area contributed by atoms with Crippen LogP contribution in [0.5, 0.6) is 0 Å². The second-order valence-electron chi connectivity index (χ2n) is 7.75. The Hall–Kier alpha value is -2.93. The molecule has 28 heavy (non-hydrogen) atoms. The molecule has 3 fully saturated rings. The summed E-state index contributed by atoms with van der Waals surface area (Å²) in [6, 6.07) is 12.5. The Morgan fingerprint density at radius 1 is 1.21 bits per heavy atom. The number of benzene rings is 1. The first-order valence-electron chi connectivity index (χ1n) is 9.53. The molecular weight excluding hydrogens is 358 g/mol. The highest BCUT2D eigenvalue weighted by atomic mass is 16.5. The average Bonchev–Trinajstić information content (AvgIpc) is 3.30. The fraction of sp³-hybridized carbons (Fsp3) is 0.381. The van der Waals surface area contributed by atoms with Crippen molar-refractivity contribution in [1.29, 1.82) is 0 Å². The van der Waals surface area contributed by atoms with Crippen molar-refractivity contribution in [1.82, 2.24) is 14.8 Å². The van der Waals surface area contributed by atoms with Crippen LogP contribution in [-0.4, -0.2) is 51.5 Å². The smallest absolute Gasteiger partial charge is 0.254 e. The first-order chi connectivity index (χ1) is 13.5. The van der Waals surface area contributed by atoms with Gasteiger partial charge in [0.2, 0.25) is 11.5 Å². The van der Waals surface area contributed by atoms with Gasteiger partial charge in [-0.3, -0.25) is 14.4 Å². The minimum atomic E-state index is -0.760. The van der Waals surface area contributed by atoms with Gasteiger partial charge in [-0.15, -0.1) is 0 Å². The van der Waals surface area contributed by atoms with Crippen molar-refractivity contribution in [2.75, 3.05) is 13.1 Å². The average molecular weight is 379 g/mol. The molecule has 0 aliphatic carbocycles. The van der Waals surface area contributed by atoms with Crippen molar-refractivity contribution < 1.29 is 14.3 Å². The molecule has 1 aromatic heterocycles. The normalized spacial score (nSPS) is 28.5. The van der Waals surface area contributed by atoms with E-state index in [1.807, 2.05) is 35.2 Å². The Balaban J connectivity index is 1.46. The van der Waals surface area contributed by atoms with Crippen molar-refractivity contribution in [3.63, 3.8) is 0 Å². The molecule has 0 bridgehead atoms. The lowest BCUT2D eigenvalue weighted by molar-refractivity contribution is -0.138. The Bertz CT molecular complexity index is 1020. The molecule has 7 nitrogen and oxygen atoms in total. The standard InChI is InChI=1S/C21H21N3O4/c1-13-9-15(10-18(25)22-13)20(27)23-8-7-21-17(23)11-19(26)24(21)12-16(28-21)14-5-3-2-4-6-14/h2-6,9-10,16-17H,7-8,11-12H2,1H3,(H,22,25)/t16-,17+,21-/m0/s1. The third kappa shape index (κ3) is 2.43. The van der Waals surface area contributed by atoms with E-state index in [4.69, 9.17) is 4.74 Å². The molecule has 5 rings (SSSR count). The van der Waals surface area contributed by atoms with E-state index in [1.54, 1.807) is 17.9 Å². The molecule has 0 unspecified atom stereocenters. The summed E-state index contributed by atoms with van der Waals surface area (Å²) >= 11 is 0. The van der Waals surface area contributed by atoms with E-state index in [1.165, 1.54) is 6.07 Å². The van der Waals surface area contributed by atoms with Crippen molar-refractivity contribution in [3.05, 3.63) is 69.6 Å². The summed E-state index contributed by atoms with van der Waals surface area (Å²) in [6.07, 6.45) is 0.653. The van der Waals surface area contributed by atoms with Gasteiger partial charge < -0.3 is 19.5 Å². The zero-order valence-electron chi connectivity index (χ0n) is 15.6. The quantitative estimate of drug-likeness (QED) is 0.859. The number of pyridine rings is 1. The third-order valence-electron chi connectivity index (χ3n) is 6.09. The topological polar surface area (TPSA) is 82.7 Å². The molecule has 0 saturated carbocycles. The first-order valence-corrected chi connectivity index (χ1v) is 9.53. The summed E-state index contributed by atoms with van der Waals surface area (Å²) in [7, 11) is 0. The molecule has 3 aliphatic heterocycles. The lowest BCUT2D eigenvalue weighted by Gasteiger charge is -2.32. The second-order valence-corrected chi connectivity index (χ2v) is 7.75. The number of nitrogens with zero attached hydrogens (tertiary/aromatic N) is 2. The number of rotatable bonds is 2. The van der Waals surface area contributed by atoms with E-state index in [-0.39, 0.29) is 35.9 Å².